The van der Waals surface area contributed by atoms with Crippen molar-refractivity contribution < 1.29 is 13.5 Å². The van der Waals surface area contributed by atoms with Crippen LogP contribution in [0.25, 0.3) is 0 Å². The van der Waals surface area contributed by atoms with E-state index < -0.39 is 16.1 Å². The summed E-state index contributed by atoms with van der Waals surface area (Å²) in [5, 5.41) is 9.52. The summed E-state index contributed by atoms with van der Waals surface area (Å²) in [5.74, 6) is 0.587. The zero-order valence-corrected chi connectivity index (χ0v) is 13.1. The van der Waals surface area contributed by atoms with Gasteiger partial charge in [0.2, 0.25) is 10.0 Å². The van der Waals surface area contributed by atoms with Gasteiger partial charge in [-0.3, -0.25) is 0 Å². The van der Waals surface area contributed by atoms with Gasteiger partial charge in [-0.15, -0.1) is 0 Å². The van der Waals surface area contributed by atoms with E-state index in [1.165, 1.54) is 42.0 Å². The molecule has 3 rings (SSSR count). The predicted molar refractivity (Wildman–Crippen MR) is 81.7 cm³/mol. The van der Waals surface area contributed by atoms with Gasteiger partial charge in [0.25, 0.3) is 0 Å². The van der Waals surface area contributed by atoms with Crippen molar-refractivity contribution in [3.05, 3.63) is 29.8 Å². The molecular formula is C16H23NO3S. The van der Waals surface area contributed by atoms with Crippen LogP contribution in [0.4, 0.5) is 0 Å². The molecule has 0 bridgehead atoms. The fourth-order valence-corrected chi connectivity index (χ4v) is 4.92. The molecule has 0 radical (unpaired) electrons. The molecule has 0 amide bonds. The first-order valence-corrected chi connectivity index (χ1v) is 9.29. The second-order valence-corrected chi connectivity index (χ2v) is 8.15. The SMILES string of the molecule is O=S(=O)(c1ccc(C2CCCCC2)cc1)N1CCC(O)C1. The molecule has 0 aromatic heterocycles. The number of benzene rings is 1. The van der Waals surface area contributed by atoms with Gasteiger partial charge in [0.15, 0.2) is 0 Å². The van der Waals surface area contributed by atoms with E-state index in [2.05, 4.69) is 0 Å². The minimum absolute atomic E-state index is 0.215. The molecule has 1 aromatic rings. The summed E-state index contributed by atoms with van der Waals surface area (Å²) in [6, 6.07) is 7.39. The molecule has 4 nitrogen and oxygen atoms in total. The number of hydrogen-bond donors (Lipinski definition) is 1. The van der Waals surface area contributed by atoms with Gasteiger partial charge in [0.05, 0.1) is 11.0 Å². The van der Waals surface area contributed by atoms with E-state index in [0.29, 0.717) is 23.8 Å². The Morgan fingerprint density at radius 1 is 1.00 bits per heavy atom. The second-order valence-electron chi connectivity index (χ2n) is 6.21. The van der Waals surface area contributed by atoms with E-state index in [1.807, 2.05) is 12.1 Å². The number of hydrogen-bond acceptors (Lipinski definition) is 3. The lowest BCUT2D eigenvalue weighted by molar-refractivity contribution is 0.189. The predicted octanol–water partition coefficient (Wildman–Crippen LogP) is 2.49. The highest BCUT2D eigenvalue weighted by molar-refractivity contribution is 7.89. The topological polar surface area (TPSA) is 57.6 Å². The molecule has 0 spiro atoms. The average Bonchev–Trinajstić information content (AvgIpc) is 2.96. The Morgan fingerprint density at radius 2 is 1.67 bits per heavy atom. The van der Waals surface area contributed by atoms with Crippen molar-refractivity contribution in [2.24, 2.45) is 0 Å². The van der Waals surface area contributed by atoms with E-state index in [4.69, 9.17) is 0 Å². The summed E-state index contributed by atoms with van der Waals surface area (Å²) in [6.45, 7) is 0.626. The zero-order chi connectivity index (χ0) is 14.9. The van der Waals surface area contributed by atoms with Gasteiger partial charge >= 0.3 is 0 Å². The van der Waals surface area contributed by atoms with Crippen LogP contribution < -0.4 is 0 Å². The van der Waals surface area contributed by atoms with Gasteiger partial charge in [-0.25, -0.2) is 8.42 Å². The lowest BCUT2D eigenvalue weighted by Crippen LogP contribution is -2.29. The summed E-state index contributed by atoms with van der Waals surface area (Å²) in [5.41, 5.74) is 1.26. The van der Waals surface area contributed by atoms with E-state index in [0.717, 1.165) is 0 Å². The van der Waals surface area contributed by atoms with Crippen LogP contribution in [0, 0.1) is 0 Å². The highest BCUT2D eigenvalue weighted by Gasteiger charge is 2.31. The van der Waals surface area contributed by atoms with Crippen molar-refractivity contribution in [2.45, 2.75) is 55.4 Å². The number of nitrogens with zero attached hydrogens (tertiary/aromatic N) is 1. The van der Waals surface area contributed by atoms with E-state index in [9.17, 15) is 13.5 Å². The Hall–Kier alpha value is -0.910. The van der Waals surface area contributed by atoms with Crippen LogP contribution in [-0.2, 0) is 10.0 Å². The molecule has 5 heteroatoms. The van der Waals surface area contributed by atoms with Crippen LogP contribution >= 0.6 is 0 Å². The monoisotopic (exact) mass is 309 g/mol. The zero-order valence-electron chi connectivity index (χ0n) is 12.2. The van der Waals surface area contributed by atoms with Crippen LogP contribution in [-0.4, -0.2) is 37.0 Å². The molecule has 21 heavy (non-hydrogen) atoms. The molecule has 116 valence electrons. The first-order valence-electron chi connectivity index (χ1n) is 7.85. The van der Waals surface area contributed by atoms with E-state index >= 15 is 0 Å². The maximum Gasteiger partial charge on any atom is 0.243 e. The lowest BCUT2D eigenvalue weighted by atomic mass is 9.84. The highest BCUT2D eigenvalue weighted by Crippen LogP contribution is 2.33. The summed E-state index contributed by atoms with van der Waals surface area (Å²) >= 11 is 0. The first-order chi connectivity index (χ1) is 10.1. The Kier molecular flexibility index (Phi) is 4.33. The van der Waals surface area contributed by atoms with Crippen LogP contribution in [0.15, 0.2) is 29.2 Å². The van der Waals surface area contributed by atoms with Gasteiger partial charge in [0, 0.05) is 13.1 Å². The summed E-state index contributed by atoms with van der Waals surface area (Å²) in [6.07, 6.45) is 6.29. The number of aliphatic hydroxyl groups is 1. The third-order valence-electron chi connectivity index (χ3n) is 4.72. The normalized spacial score (nSPS) is 25.3. The molecule has 1 N–H and O–H groups in total. The summed E-state index contributed by atoms with van der Waals surface area (Å²) in [7, 11) is -3.45. The third-order valence-corrected chi connectivity index (χ3v) is 6.60. The Morgan fingerprint density at radius 3 is 2.24 bits per heavy atom. The quantitative estimate of drug-likeness (QED) is 0.933. The molecule has 2 fully saturated rings. The Balaban J connectivity index is 1.77. The van der Waals surface area contributed by atoms with Crippen LogP contribution in [0.5, 0.6) is 0 Å². The fraction of sp³-hybridized carbons (Fsp3) is 0.625. The van der Waals surface area contributed by atoms with E-state index in [1.54, 1.807) is 12.1 Å². The molecule has 1 aliphatic carbocycles. The van der Waals surface area contributed by atoms with Crippen molar-refractivity contribution in [3.63, 3.8) is 0 Å². The minimum atomic E-state index is -3.45. The second kappa shape index (κ2) is 6.07. The molecular weight excluding hydrogens is 286 g/mol. The molecule has 1 heterocycles. The van der Waals surface area contributed by atoms with Crippen molar-refractivity contribution in [1.82, 2.24) is 4.31 Å². The summed E-state index contributed by atoms with van der Waals surface area (Å²) in [4.78, 5) is 0.344. The largest absolute Gasteiger partial charge is 0.392 e. The molecule has 1 saturated carbocycles. The number of β-amino-alcohol motifs (C(OH)–C–C–N with tert-alkyl or cyclic N) is 1. The number of rotatable bonds is 3. The van der Waals surface area contributed by atoms with E-state index in [-0.39, 0.29) is 6.54 Å². The lowest BCUT2D eigenvalue weighted by Gasteiger charge is -2.22. The Labute approximate surface area is 126 Å². The van der Waals surface area contributed by atoms with Crippen LogP contribution in [0.3, 0.4) is 0 Å². The fourth-order valence-electron chi connectivity index (χ4n) is 3.43. The molecule has 1 atom stereocenters. The van der Waals surface area contributed by atoms with Gasteiger partial charge in [0.1, 0.15) is 0 Å². The highest BCUT2D eigenvalue weighted by atomic mass is 32.2. The van der Waals surface area contributed by atoms with Crippen molar-refractivity contribution in [2.75, 3.05) is 13.1 Å². The van der Waals surface area contributed by atoms with Crippen LogP contribution in [0.2, 0.25) is 0 Å². The van der Waals surface area contributed by atoms with Crippen molar-refractivity contribution in [3.8, 4) is 0 Å². The molecule has 1 aromatic carbocycles. The van der Waals surface area contributed by atoms with Gasteiger partial charge in [-0.2, -0.15) is 4.31 Å². The van der Waals surface area contributed by atoms with Crippen molar-refractivity contribution >= 4 is 10.0 Å². The first kappa shape index (κ1) is 15.0. The maximum absolute atomic E-state index is 12.5. The molecule has 1 unspecified atom stereocenters. The standard InChI is InChI=1S/C16H23NO3S/c18-15-10-11-17(12-15)21(19,20)16-8-6-14(7-9-16)13-4-2-1-3-5-13/h6-9,13,15,18H,1-5,10-12H2. The molecule has 2 aliphatic rings. The summed E-state index contributed by atoms with van der Waals surface area (Å²) < 4.78 is 26.3. The van der Waals surface area contributed by atoms with Crippen molar-refractivity contribution in [1.29, 1.82) is 0 Å². The maximum atomic E-state index is 12.5. The third kappa shape index (κ3) is 3.15. The molecule has 1 saturated heterocycles. The number of aliphatic hydroxyl groups excluding tert-OH is 1. The van der Waals surface area contributed by atoms with Gasteiger partial charge in [-0.05, 0) is 42.9 Å². The number of sulfonamides is 1. The Bertz CT molecular complexity index is 576. The molecule has 1 aliphatic heterocycles. The smallest absolute Gasteiger partial charge is 0.243 e. The average molecular weight is 309 g/mol. The van der Waals surface area contributed by atoms with Gasteiger partial charge in [-0.1, -0.05) is 31.4 Å². The van der Waals surface area contributed by atoms with Crippen LogP contribution in [0.1, 0.15) is 50.0 Å². The van der Waals surface area contributed by atoms with Gasteiger partial charge < -0.3 is 5.11 Å². The minimum Gasteiger partial charge on any atom is -0.392 e.